The summed E-state index contributed by atoms with van der Waals surface area (Å²) < 4.78 is 0. The molecule has 0 fully saturated rings. The number of nitrogens with zero attached hydrogens (tertiary/aromatic N) is 1. The predicted molar refractivity (Wildman–Crippen MR) is 61.8 cm³/mol. The number of nitrogen functional groups attached to an aromatic ring is 1. The molecule has 0 spiro atoms. The van der Waals surface area contributed by atoms with E-state index in [0.717, 1.165) is 11.3 Å². The maximum Gasteiger partial charge on any atom is 0.0739 e. The molecule has 1 heterocycles. The molecule has 0 unspecified atom stereocenters. The first kappa shape index (κ1) is 9.86. The summed E-state index contributed by atoms with van der Waals surface area (Å²) >= 11 is 5.89. The van der Waals surface area contributed by atoms with Gasteiger partial charge in [-0.1, -0.05) is 17.7 Å². The Labute approximate surface area is 92.4 Å². The number of para-hydroxylation sites is 1. The SMILES string of the molecule is Nc1c(Cl)cccc1NCc1cn[nH]c1. The monoisotopic (exact) mass is 222 g/mol. The third-order valence-corrected chi connectivity index (χ3v) is 2.42. The highest BCUT2D eigenvalue weighted by atomic mass is 35.5. The van der Waals surface area contributed by atoms with Crippen molar-refractivity contribution in [2.45, 2.75) is 6.54 Å². The smallest absolute Gasteiger partial charge is 0.0739 e. The molecule has 2 aromatic rings. The van der Waals surface area contributed by atoms with Gasteiger partial charge in [0.2, 0.25) is 0 Å². The normalized spacial score (nSPS) is 10.2. The Hall–Kier alpha value is -1.68. The number of aromatic nitrogens is 2. The molecule has 15 heavy (non-hydrogen) atoms. The van der Waals surface area contributed by atoms with E-state index < -0.39 is 0 Å². The highest BCUT2D eigenvalue weighted by Crippen LogP contribution is 2.26. The van der Waals surface area contributed by atoms with Crippen LogP contribution in [0.1, 0.15) is 5.56 Å². The summed E-state index contributed by atoms with van der Waals surface area (Å²) in [4.78, 5) is 0. The van der Waals surface area contributed by atoms with Crippen LogP contribution in [0, 0.1) is 0 Å². The van der Waals surface area contributed by atoms with Crippen molar-refractivity contribution in [2.75, 3.05) is 11.1 Å². The molecule has 0 amide bonds. The van der Waals surface area contributed by atoms with E-state index in [1.54, 1.807) is 12.3 Å². The highest BCUT2D eigenvalue weighted by molar-refractivity contribution is 6.33. The van der Waals surface area contributed by atoms with E-state index in [9.17, 15) is 0 Å². The van der Waals surface area contributed by atoms with Crippen LogP contribution in [0.4, 0.5) is 11.4 Å². The molecule has 2 rings (SSSR count). The number of nitrogens with one attached hydrogen (secondary N) is 2. The van der Waals surface area contributed by atoms with Crippen molar-refractivity contribution in [3.8, 4) is 0 Å². The average Bonchev–Trinajstić information content (AvgIpc) is 2.73. The van der Waals surface area contributed by atoms with Gasteiger partial charge in [-0.15, -0.1) is 0 Å². The minimum Gasteiger partial charge on any atom is -0.396 e. The molecule has 1 aromatic carbocycles. The first-order chi connectivity index (χ1) is 7.27. The van der Waals surface area contributed by atoms with Gasteiger partial charge in [-0.2, -0.15) is 5.10 Å². The van der Waals surface area contributed by atoms with E-state index in [2.05, 4.69) is 15.5 Å². The van der Waals surface area contributed by atoms with E-state index in [-0.39, 0.29) is 0 Å². The molecule has 0 bridgehead atoms. The lowest BCUT2D eigenvalue weighted by Crippen LogP contribution is -2.01. The fraction of sp³-hybridized carbons (Fsp3) is 0.100. The van der Waals surface area contributed by atoms with Gasteiger partial charge in [0.05, 0.1) is 22.6 Å². The number of hydrogen-bond acceptors (Lipinski definition) is 3. The lowest BCUT2D eigenvalue weighted by atomic mass is 10.2. The Morgan fingerprint density at radius 3 is 3.07 bits per heavy atom. The van der Waals surface area contributed by atoms with E-state index in [0.29, 0.717) is 17.3 Å². The van der Waals surface area contributed by atoms with Crippen LogP contribution < -0.4 is 11.1 Å². The third kappa shape index (κ3) is 2.22. The Morgan fingerprint density at radius 2 is 2.33 bits per heavy atom. The van der Waals surface area contributed by atoms with Crippen LogP contribution in [-0.4, -0.2) is 10.2 Å². The summed E-state index contributed by atoms with van der Waals surface area (Å²) in [6.07, 6.45) is 3.58. The Morgan fingerprint density at radius 1 is 1.47 bits per heavy atom. The van der Waals surface area contributed by atoms with Gasteiger partial charge in [0.25, 0.3) is 0 Å². The van der Waals surface area contributed by atoms with Gasteiger partial charge in [-0.05, 0) is 12.1 Å². The second kappa shape index (κ2) is 4.23. The van der Waals surface area contributed by atoms with Crippen molar-refractivity contribution in [1.29, 1.82) is 0 Å². The van der Waals surface area contributed by atoms with Crippen molar-refractivity contribution in [1.82, 2.24) is 10.2 Å². The Bertz CT molecular complexity index is 439. The lowest BCUT2D eigenvalue weighted by Gasteiger charge is -2.08. The molecular formula is C10H11ClN4. The van der Waals surface area contributed by atoms with Crippen molar-refractivity contribution in [3.05, 3.63) is 41.2 Å². The van der Waals surface area contributed by atoms with Crippen LogP contribution in [0.25, 0.3) is 0 Å². The number of benzene rings is 1. The standard InChI is InChI=1S/C10H11ClN4/c11-8-2-1-3-9(10(8)12)13-4-7-5-14-15-6-7/h1-3,5-6,13H,4,12H2,(H,14,15). The number of aromatic amines is 1. The van der Waals surface area contributed by atoms with Crippen molar-refractivity contribution in [2.24, 2.45) is 0 Å². The second-order valence-electron chi connectivity index (χ2n) is 3.16. The molecule has 0 aliphatic rings. The third-order valence-electron chi connectivity index (χ3n) is 2.09. The summed E-state index contributed by atoms with van der Waals surface area (Å²) in [6, 6.07) is 5.51. The largest absolute Gasteiger partial charge is 0.396 e. The summed E-state index contributed by atoms with van der Waals surface area (Å²) in [5.41, 5.74) is 8.28. The van der Waals surface area contributed by atoms with Crippen molar-refractivity contribution >= 4 is 23.0 Å². The summed E-state index contributed by atoms with van der Waals surface area (Å²) in [5, 5.41) is 10.3. The lowest BCUT2D eigenvalue weighted by molar-refractivity contribution is 1.09. The first-order valence-corrected chi connectivity index (χ1v) is 4.90. The number of nitrogens with two attached hydrogens (primary N) is 1. The molecule has 4 N–H and O–H groups in total. The molecule has 0 aliphatic carbocycles. The molecule has 0 aliphatic heterocycles. The van der Waals surface area contributed by atoms with Crippen LogP contribution in [-0.2, 0) is 6.54 Å². The number of anilines is 2. The van der Waals surface area contributed by atoms with Crippen LogP contribution in [0.15, 0.2) is 30.6 Å². The van der Waals surface area contributed by atoms with Crippen LogP contribution in [0.3, 0.4) is 0 Å². The minimum atomic E-state index is 0.562. The van der Waals surface area contributed by atoms with Gasteiger partial charge in [-0.25, -0.2) is 0 Å². The molecule has 0 saturated heterocycles. The van der Waals surface area contributed by atoms with Gasteiger partial charge in [0.1, 0.15) is 0 Å². The zero-order valence-electron chi connectivity index (χ0n) is 8.00. The van der Waals surface area contributed by atoms with E-state index in [4.69, 9.17) is 17.3 Å². The molecule has 1 aromatic heterocycles. The molecule has 0 saturated carbocycles. The number of rotatable bonds is 3. The average molecular weight is 223 g/mol. The van der Waals surface area contributed by atoms with Crippen LogP contribution in [0.2, 0.25) is 5.02 Å². The molecule has 78 valence electrons. The molecule has 0 radical (unpaired) electrons. The first-order valence-electron chi connectivity index (χ1n) is 4.53. The van der Waals surface area contributed by atoms with E-state index >= 15 is 0 Å². The summed E-state index contributed by atoms with van der Waals surface area (Å²) in [6.45, 7) is 0.668. The Balaban J connectivity index is 2.08. The molecule has 5 heteroatoms. The van der Waals surface area contributed by atoms with E-state index in [1.807, 2.05) is 18.3 Å². The minimum absolute atomic E-state index is 0.562. The van der Waals surface area contributed by atoms with Gasteiger partial charge >= 0.3 is 0 Å². The molecular weight excluding hydrogens is 212 g/mol. The van der Waals surface area contributed by atoms with Crippen LogP contribution in [0.5, 0.6) is 0 Å². The van der Waals surface area contributed by atoms with Crippen molar-refractivity contribution in [3.63, 3.8) is 0 Å². The quantitative estimate of drug-likeness (QED) is 0.698. The van der Waals surface area contributed by atoms with Gasteiger partial charge < -0.3 is 11.1 Å². The van der Waals surface area contributed by atoms with Gasteiger partial charge in [0, 0.05) is 18.3 Å². The summed E-state index contributed by atoms with van der Waals surface area (Å²) in [7, 11) is 0. The molecule has 4 nitrogen and oxygen atoms in total. The maximum absolute atomic E-state index is 5.89. The summed E-state index contributed by atoms with van der Waals surface area (Å²) in [5.74, 6) is 0. The fourth-order valence-corrected chi connectivity index (χ4v) is 1.44. The van der Waals surface area contributed by atoms with Crippen molar-refractivity contribution < 1.29 is 0 Å². The van der Waals surface area contributed by atoms with Crippen LogP contribution >= 0.6 is 11.6 Å². The number of halogens is 1. The van der Waals surface area contributed by atoms with Gasteiger partial charge in [0.15, 0.2) is 0 Å². The fourth-order valence-electron chi connectivity index (χ4n) is 1.26. The van der Waals surface area contributed by atoms with E-state index in [1.165, 1.54) is 0 Å². The topological polar surface area (TPSA) is 66.7 Å². The Kier molecular flexibility index (Phi) is 2.78. The number of H-pyrrole nitrogens is 1. The highest BCUT2D eigenvalue weighted by Gasteiger charge is 2.02. The predicted octanol–water partition coefficient (Wildman–Crippen LogP) is 2.26. The maximum atomic E-state index is 5.89. The zero-order valence-corrected chi connectivity index (χ0v) is 8.75. The molecule has 0 atom stereocenters. The zero-order chi connectivity index (χ0) is 10.7. The van der Waals surface area contributed by atoms with Gasteiger partial charge in [-0.3, -0.25) is 5.10 Å². The number of hydrogen-bond donors (Lipinski definition) is 3. The second-order valence-corrected chi connectivity index (χ2v) is 3.57.